The molecule has 1 aliphatic rings. The molecule has 3 nitrogen and oxygen atoms in total. The zero-order valence-electron chi connectivity index (χ0n) is 15.5. The van der Waals surface area contributed by atoms with Crippen LogP contribution in [-0.2, 0) is 0 Å². The van der Waals surface area contributed by atoms with Crippen molar-refractivity contribution in [2.24, 2.45) is 0 Å². The van der Waals surface area contributed by atoms with Gasteiger partial charge < -0.3 is 10.6 Å². The molecule has 3 aromatic rings. The van der Waals surface area contributed by atoms with Gasteiger partial charge in [-0.2, -0.15) is 0 Å². The Bertz CT molecular complexity index is 992. The van der Waals surface area contributed by atoms with E-state index in [9.17, 15) is 4.79 Å². The Labute approximate surface area is 165 Å². The molecule has 0 aromatic heterocycles. The molecular formula is C25H22N2O. The van der Waals surface area contributed by atoms with Crippen molar-refractivity contribution >= 4 is 22.8 Å². The van der Waals surface area contributed by atoms with Gasteiger partial charge >= 0.3 is 0 Å². The van der Waals surface area contributed by atoms with E-state index in [-0.39, 0.29) is 5.78 Å². The van der Waals surface area contributed by atoms with E-state index in [0.717, 1.165) is 17.1 Å². The molecule has 1 atom stereocenters. The molecule has 0 saturated carbocycles. The molecule has 138 valence electrons. The zero-order chi connectivity index (χ0) is 19.2. The van der Waals surface area contributed by atoms with E-state index in [4.69, 9.17) is 0 Å². The maximum atomic E-state index is 13.4. The fraction of sp³-hybridized carbons (Fsp3) is 0.0800. The molecular weight excluding hydrogens is 344 g/mol. The van der Waals surface area contributed by atoms with Crippen molar-refractivity contribution in [2.75, 3.05) is 10.6 Å². The predicted octanol–water partition coefficient (Wildman–Crippen LogP) is 5.98. The number of anilines is 3. The first-order valence-corrected chi connectivity index (χ1v) is 9.40. The highest BCUT2D eigenvalue weighted by atomic mass is 16.1. The van der Waals surface area contributed by atoms with E-state index in [1.165, 1.54) is 0 Å². The van der Waals surface area contributed by atoms with Gasteiger partial charge in [-0.25, -0.2) is 0 Å². The summed E-state index contributed by atoms with van der Waals surface area (Å²) in [5.41, 5.74) is 2.81. The van der Waals surface area contributed by atoms with Crippen molar-refractivity contribution < 1.29 is 4.79 Å². The summed E-state index contributed by atoms with van der Waals surface area (Å²) in [6.45, 7) is 0. The normalized spacial score (nSPS) is 17.9. The minimum atomic E-state index is -0.773. The molecule has 0 amide bonds. The number of ketones is 1. The number of benzene rings is 3. The van der Waals surface area contributed by atoms with Crippen LogP contribution >= 0.6 is 0 Å². The minimum Gasteiger partial charge on any atom is -0.369 e. The molecule has 0 radical (unpaired) electrons. The van der Waals surface area contributed by atoms with Gasteiger partial charge in [0.1, 0.15) is 5.54 Å². The quantitative estimate of drug-likeness (QED) is 0.527. The molecule has 28 heavy (non-hydrogen) atoms. The number of allylic oxidation sites excluding steroid dienone is 2. The van der Waals surface area contributed by atoms with Crippen LogP contribution < -0.4 is 10.6 Å². The molecule has 3 heteroatoms. The topological polar surface area (TPSA) is 41.1 Å². The lowest BCUT2D eigenvalue weighted by Crippen LogP contribution is -2.45. The Morgan fingerprint density at radius 3 is 1.93 bits per heavy atom. The van der Waals surface area contributed by atoms with E-state index in [0.29, 0.717) is 12.0 Å². The third-order valence-electron chi connectivity index (χ3n) is 4.82. The molecule has 1 aliphatic carbocycles. The minimum absolute atomic E-state index is 0.0585. The van der Waals surface area contributed by atoms with Gasteiger partial charge in [-0.1, -0.05) is 60.7 Å². The Morgan fingerprint density at radius 2 is 1.32 bits per heavy atom. The molecule has 2 N–H and O–H groups in total. The summed E-state index contributed by atoms with van der Waals surface area (Å²) in [4.78, 5) is 13.4. The van der Waals surface area contributed by atoms with Crippen molar-refractivity contribution in [2.45, 2.75) is 12.0 Å². The molecule has 0 fully saturated rings. The second kappa shape index (κ2) is 7.97. The molecule has 0 saturated heterocycles. The number of hydrogen-bond donors (Lipinski definition) is 2. The number of nitrogens with one attached hydrogen (secondary N) is 2. The second-order valence-electron chi connectivity index (χ2n) is 6.85. The molecule has 3 aromatic carbocycles. The van der Waals surface area contributed by atoms with Gasteiger partial charge in [0.2, 0.25) is 0 Å². The largest absolute Gasteiger partial charge is 0.369 e. The number of Topliss-reactive ketones (excluding diaryl/α,β-unsaturated/α-hetero) is 1. The smallest absolute Gasteiger partial charge is 0.192 e. The van der Waals surface area contributed by atoms with Crippen LogP contribution in [0.5, 0.6) is 0 Å². The lowest BCUT2D eigenvalue weighted by Gasteiger charge is -2.32. The molecule has 0 aliphatic heterocycles. The third kappa shape index (κ3) is 3.89. The van der Waals surface area contributed by atoms with Gasteiger partial charge in [0.15, 0.2) is 5.78 Å². The standard InChI is InChI=1S/C25H22N2O/c28-24(20-14-16-22(17-15-20)26-21-10-4-1-5-11-21)25(18-8-3-9-19-25)27-23-12-6-2-7-13-23/h1-18,26-27H,19H2. The summed E-state index contributed by atoms with van der Waals surface area (Å²) in [5, 5.41) is 6.79. The number of carbonyl (C=O) groups excluding carboxylic acids is 1. The molecule has 0 spiro atoms. The van der Waals surface area contributed by atoms with Gasteiger partial charge in [0.25, 0.3) is 0 Å². The number of para-hydroxylation sites is 2. The highest BCUT2D eigenvalue weighted by Gasteiger charge is 2.36. The summed E-state index contributed by atoms with van der Waals surface area (Å²) < 4.78 is 0. The van der Waals surface area contributed by atoms with Crippen LogP contribution in [0.4, 0.5) is 17.1 Å². The Balaban J connectivity index is 1.57. The van der Waals surface area contributed by atoms with E-state index >= 15 is 0 Å². The van der Waals surface area contributed by atoms with Crippen LogP contribution in [0.3, 0.4) is 0 Å². The molecule has 1 unspecified atom stereocenters. The van der Waals surface area contributed by atoms with E-state index in [1.807, 2.05) is 109 Å². The maximum absolute atomic E-state index is 13.4. The van der Waals surface area contributed by atoms with E-state index in [1.54, 1.807) is 0 Å². The Hall–Kier alpha value is -3.59. The van der Waals surface area contributed by atoms with Crippen LogP contribution in [-0.4, -0.2) is 11.3 Å². The average molecular weight is 366 g/mol. The number of carbonyl (C=O) groups is 1. The van der Waals surface area contributed by atoms with E-state index < -0.39 is 5.54 Å². The Morgan fingerprint density at radius 1 is 0.714 bits per heavy atom. The third-order valence-corrected chi connectivity index (χ3v) is 4.82. The Kier molecular flexibility index (Phi) is 5.07. The lowest BCUT2D eigenvalue weighted by atomic mass is 9.83. The van der Waals surface area contributed by atoms with Crippen molar-refractivity contribution in [3.05, 3.63) is 115 Å². The lowest BCUT2D eigenvalue weighted by molar-refractivity contribution is 0.0934. The van der Waals surface area contributed by atoms with Gasteiger partial charge in [0.05, 0.1) is 0 Å². The van der Waals surface area contributed by atoms with Crippen LogP contribution in [0.25, 0.3) is 0 Å². The van der Waals surface area contributed by atoms with Crippen LogP contribution in [0.2, 0.25) is 0 Å². The fourth-order valence-corrected chi connectivity index (χ4v) is 3.37. The molecule has 0 bridgehead atoms. The summed E-state index contributed by atoms with van der Waals surface area (Å²) in [6, 6.07) is 27.5. The number of rotatable bonds is 6. The van der Waals surface area contributed by atoms with Crippen LogP contribution in [0.15, 0.2) is 109 Å². The van der Waals surface area contributed by atoms with E-state index in [2.05, 4.69) is 10.6 Å². The second-order valence-corrected chi connectivity index (χ2v) is 6.85. The van der Waals surface area contributed by atoms with Crippen LogP contribution in [0.1, 0.15) is 16.8 Å². The highest BCUT2D eigenvalue weighted by Crippen LogP contribution is 2.28. The van der Waals surface area contributed by atoms with Gasteiger partial charge in [-0.05, 0) is 55.0 Å². The van der Waals surface area contributed by atoms with Crippen LogP contribution in [0, 0.1) is 0 Å². The van der Waals surface area contributed by atoms with Gasteiger partial charge in [-0.15, -0.1) is 0 Å². The fourth-order valence-electron chi connectivity index (χ4n) is 3.37. The predicted molar refractivity (Wildman–Crippen MR) is 116 cm³/mol. The molecule has 0 heterocycles. The first-order valence-electron chi connectivity index (χ1n) is 9.40. The maximum Gasteiger partial charge on any atom is 0.192 e. The summed E-state index contributed by atoms with van der Waals surface area (Å²) in [5.74, 6) is 0.0585. The first-order chi connectivity index (χ1) is 13.8. The summed E-state index contributed by atoms with van der Waals surface area (Å²) in [6.07, 6.45) is 8.51. The molecule has 4 rings (SSSR count). The van der Waals surface area contributed by atoms with Gasteiger partial charge in [0, 0.05) is 22.6 Å². The first kappa shape index (κ1) is 17.8. The number of hydrogen-bond acceptors (Lipinski definition) is 3. The highest BCUT2D eigenvalue weighted by molar-refractivity contribution is 6.07. The van der Waals surface area contributed by atoms with Crippen molar-refractivity contribution in [3.63, 3.8) is 0 Å². The monoisotopic (exact) mass is 366 g/mol. The summed E-state index contributed by atoms with van der Waals surface area (Å²) in [7, 11) is 0. The van der Waals surface area contributed by atoms with Crippen molar-refractivity contribution in [3.8, 4) is 0 Å². The van der Waals surface area contributed by atoms with Crippen molar-refractivity contribution in [1.82, 2.24) is 0 Å². The summed E-state index contributed by atoms with van der Waals surface area (Å²) >= 11 is 0. The zero-order valence-corrected chi connectivity index (χ0v) is 15.5. The average Bonchev–Trinajstić information content (AvgIpc) is 2.76. The van der Waals surface area contributed by atoms with Crippen molar-refractivity contribution in [1.29, 1.82) is 0 Å². The van der Waals surface area contributed by atoms with Gasteiger partial charge in [-0.3, -0.25) is 4.79 Å². The SMILES string of the molecule is O=C(c1ccc(Nc2ccccc2)cc1)C1(Nc2ccccc2)C=CC=CC1.